The summed E-state index contributed by atoms with van der Waals surface area (Å²) < 4.78 is 5.82. The Morgan fingerprint density at radius 1 is 0.923 bits per heavy atom. The lowest BCUT2D eigenvalue weighted by Crippen LogP contribution is -1.97. The van der Waals surface area contributed by atoms with E-state index in [1.165, 1.54) is 32.1 Å². The Hall–Kier alpha value is -2.35. The molecule has 0 aliphatic heterocycles. The van der Waals surface area contributed by atoms with E-state index in [-0.39, 0.29) is 5.78 Å². The van der Waals surface area contributed by atoms with Crippen molar-refractivity contribution in [3.8, 4) is 5.75 Å². The van der Waals surface area contributed by atoms with Crippen LogP contribution in [0, 0.1) is 0 Å². The van der Waals surface area contributed by atoms with E-state index in [4.69, 9.17) is 4.74 Å². The Bertz CT molecular complexity index is 756. The number of hydrogen-bond acceptors (Lipinski definition) is 2. The fraction of sp³-hybridized carbons (Fsp3) is 0.375. The van der Waals surface area contributed by atoms with E-state index in [1.807, 2.05) is 54.6 Å². The number of fused-ring (bicyclic) bond motifs is 1. The molecule has 0 aromatic heterocycles. The molecule has 0 saturated heterocycles. The van der Waals surface area contributed by atoms with E-state index in [1.54, 1.807) is 0 Å². The van der Waals surface area contributed by atoms with E-state index in [9.17, 15) is 4.79 Å². The van der Waals surface area contributed by atoms with E-state index >= 15 is 0 Å². The van der Waals surface area contributed by atoms with Crippen molar-refractivity contribution in [1.29, 1.82) is 0 Å². The van der Waals surface area contributed by atoms with Crippen LogP contribution >= 0.6 is 0 Å². The third kappa shape index (κ3) is 4.85. The molecule has 2 aromatic rings. The van der Waals surface area contributed by atoms with E-state index in [2.05, 4.69) is 6.92 Å². The van der Waals surface area contributed by atoms with Crippen LogP contribution in [-0.4, -0.2) is 12.4 Å². The van der Waals surface area contributed by atoms with Crippen molar-refractivity contribution in [3.05, 3.63) is 70.8 Å². The van der Waals surface area contributed by atoms with Crippen LogP contribution in [0.3, 0.4) is 0 Å². The predicted molar refractivity (Wildman–Crippen MR) is 108 cm³/mol. The minimum absolute atomic E-state index is 0.156. The largest absolute Gasteiger partial charge is 0.494 e. The Morgan fingerprint density at radius 3 is 2.42 bits per heavy atom. The molecule has 2 aromatic carbocycles. The van der Waals surface area contributed by atoms with E-state index in [0.29, 0.717) is 0 Å². The van der Waals surface area contributed by atoms with Crippen molar-refractivity contribution >= 4 is 11.9 Å². The summed E-state index contributed by atoms with van der Waals surface area (Å²) in [5.74, 6) is 1.06. The molecule has 2 nitrogen and oxygen atoms in total. The fourth-order valence-electron chi connectivity index (χ4n) is 3.40. The number of unbranched alkanes of at least 4 members (excludes halogenated alkanes) is 5. The summed E-state index contributed by atoms with van der Waals surface area (Å²) in [6.07, 6.45) is 10.4. The van der Waals surface area contributed by atoms with Crippen molar-refractivity contribution in [2.45, 2.75) is 51.9 Å². The second kappa shape index (κ2) is 9.38. The molecule has 0 saturated carbocycles. The van der Waals surface area contributed by atoms with Gasteiger partial charge in [0.2, 0.25) is 0 Å². The highest BCUT2D eigenvalue weighted by atomic mass is 16.5. The molecule has 0 unspecified atom stereocenters. The highest BCUT2D eigenvalue weighted by Crippen LogP contribution is 2.27. The molecule has 136 valence electrons. The molecular weight excluding hydrogens is 320 g/mol. The molecule has 0 amide bonds. The zero-order valence-corrected chi connectivity index (χ0v) is 15.7. The normalized spacial score (nSPS) is 14.7. The van der Waals surface area contributed by atoms with Gasteiger partial charge < -0.3 is 4.74 Å². The van der Waals surface area contributed by atoms with Crippen LogP contribution < -0.4 is 4.74 Å². The quantitative estimate of drug-likeness (QED) is 0.395. The monoisotopic (exact) mass is 348 g/mol. The first kappa shape index (κ1) is 18.4. The summed E-state index contributed by atoms with van der Waals surface area (Å²) in [5, 5.41) is 0. The van der Waals surface area contributed by atoms with Gasteiger partial charge in [0.25, 0.3) is 0 Å². The van der Waals surface area contributed by atoms with Gasteiger partial charge in [0.1, 0.15) is 5.75 Å². The summed E-state index contributed by atoms with van der Waals surface area (Å²) in [5.41, 5.74) is 3.89. The van der Waals surface area contributed by atoms with Crippen LogP contribution in [0.15, 0.2) is 54.1 Å². The number of carbonyl (C=O) groups excluding carboxylic acids is 1. The highest BCUT2D eigenvalue weighted by molar-refractivity contribution is 6.15. The van der Waals surface area contributed by atoms with Crippen molar-refractivity contribution in [1.82, 2.24) is 0 Å². The van der Waals surface area contributed by atoms with Gasteiger partial charge >= 0.3 is 0 Å². The molecule has 0 heterocycles. The average Bonchev–Trinajstić information content (AvgIpc) is 2.98. The van der Waals surface area contributed by atoms with Gasteiger partial charge in [-0.1, -0.05) is 75.4 Å². The number of Topliss-reactive ketones (excluding diaryl/α,β-unsaturated/α-hetero) is 1. The molecule has 0 N–H and O–H groups in total. The van der Waals surface area contributed by atoms with Gasteiger partial charge in [-0.05, 0) is 35.8 Å². The van der Waals surface area contributed by atoms with Crippen molar-refractivity contribution in [3.63, 3.8) is 0 Å². The number of ketones is 1. The maximum Gasteiger partial charge on any atom is 0.189 e. The molecule has 26 heavy (non-hydrogen) atoms. The summed E-state index contributed by atoms with van der Waals surface area (Å²) in [7, 11) is 0. The SMILES string of the molecule is CCCCCCCCOc1ccc(/C=C2\Cc3ccccc3C2=O)cc1. The van der Waals surface area contributed by atoms with Gasteiger partial charge in [-0.2, -0.15) is 0 Å². The van der Waals surface area contributed by atoms with Crippen LogP contribution in [-0.2, 0) is 6.42 Å². The smallest absolute Gasteiger partial charge is 0.189 e. The van der Waals surface area contributed by atoms with Crippen molar-refractivity contribution in [2.24, 2.45) is 0 Å². The topological polar surface area (TPSA) is 26.3 Å². The standard InChI is InChI=1S/C24H28O2/c1-2-3-4-5-6-9-16-26-22-14-12-19(13-15-22)17-21-18-20-10-7-8-11-23(20)24(21)25/h7-8,10-15,17H,2-6,9,16,18H2,1H3/b21-17+. The third-order valence-electron chi connectivity index (χ3n) is 4.92. The molecule has 1 aliphatic carbocycles. The van der Waals surface area contributed by atoms with Gasteiger partial charge in [0.05, 0.1) is 6.61 Å². The first-order valence-electron chi connectivity index (χ1n) is 9.84. The van der Waals surface area contributed by atoms with Crippen LogP contribution in [0.2, 0.25) is 0 Å². The Labute approximate surface area is 156 Å². The minimum atomic E-state index is 0.156. The number of rotatable bonds is 9. The first-order valence-corrected chi connectivity index (χ1v) is 9.84. The zero-order valence-electron chi connectivity index (χ0n) is 15.7. The Morgan fingerprint density at radius 2 is 1.65 bits per heavy atom. The lowest BCUT2D eigenvalue weighted by atomic mass is 10.1. The molecule has 1 aliphatic rings. The second-order valence-corrected chi connectivity index (χ2v) is 7.02. The predicted octanol–water partition coefficient (Wildman–Crippen LogP) is 6.25. The summed E-state index contributed by atoms with van der Waals surface area (Å²) in [6, 6.07) is 15.9. The van der Waals surface area contributed by atoms with Crippen LogP contribution in [0.25, 0.3) is 6.08 Å². The average molecular weight is 348 g/mol. The number of allylic oxidation sites excluding steroid dienone is 1. The maximum absolute atomic E-state index is 12.4. The Kier molecular flexibility index (Phi) is 6.65. The molecule has 0 bridgehead atoms. The van der Waals surface area contributed by atoms with E-state index < -0.39 is 0 Å². The first-order chi connectivity index (χ1) is 12.8. The minimum Gasteiger partial charge on any atom is -0.494 e. The lowest BCUT2D eigenvalue weighted by Gasteiger charge is -2.06. The summed E-state index contributed by atoms with van der Waals surface area (Å²) in [4.78, 5) is 12.4. The van der Waals surface area contributed by atoms with Gasteiger partial charge in [-0.15, -0.1) is 0 Å². The lowest BCUT2D eigenvalue weighted by molar-refractivity contribution is 0.104. The number of ether oxygens (including phenoxy) is 1. The van der Waals surface area contributed by atoms with Crippen molar-refractivity contribution < 1.29 is 9.53 Å². The summed E-state index contributed by atoms with van der Waals surface area (Å²) in [6.45, 7) is 3.02. The Balaban J connectivity index is 1.49. The fourth-order valence-corrected chi connectivity index (χ4v) is 3.40. The number of carbonyl (C=O) groups is 1. The molecule has 0 atom stereocenters. The van der Waals surface area contributed by atoms with Gasteiger partial charge in [-0.3, -0.25) is 4.79 Å². The molecule has 0 fully saturated rings. The molecular formula is C24H28O2. The number of hydrogen-bond donors (Lipinski definition) is 0. The van der Waals surface area contributed by atoms with Crippen molar-refractivity contribution in [2.75, 3.05) is 6.61 Å². The second-order valence-electron chi connectivity index (χ2n) is 7.02. The van der Waals surface area contributed by atoms with Crippen LogP contribution in [0.5, 0.6) is 5.75 Å². The zero-order chi connectivity index (χ0) is 18.2. The third-order valence-corrected chi connectivity index (χ3v) is 4.92. The van der Waals surface area contributed by atoms with Gasteiger partial charge in [0, 0.05) is 17.6 Å². The van der Waals surface area contributed by atoms with Crippen LogP contribution in [0.1, 0.15) is 66.9 Å². The number of benzene rings is 2. The van der Waals surface area contributed by atoms with Gasteiger partial charge in [-0.25, -0.2) is 0 Å². The van der Waals surface area contributed by atoms with Gasteiger partial charge in [0.15, 0.2) is 5.78 Å². The molecule has 3 rings (SSSR count). The molecule has 0 spiro atoms. The maximum atomic E-state index is 12.4. The highest BCUT2D eigenvalue weighted by Gasteiger charge is 2.23. The van der Waals surface area contributed by atoms with E-state index in [0.717, 1.165) is 47.5 Å². The molecule has 2 heteroatoms. The molecule has 0 radical (unpaired) electrons. The van der Waals surface area contributed by atoms with Crippen LogP contribution in [0.4, 0.5) is 0 Å². The summed E-state index contributed by atoms with van der Waals surface area (Å²) >= 11 is 0.